The van der Waals surface area contributed by atoms with Crippen molar-refractivity contribution in [3.8, 4) is 17.1 Å². The van der Waals surface area contributed by atoms with E-state index in [0.717, 1.165) is 28.6 Å². The Kier molecular flexibility index (Phi) is 7.72. The predicted octanol–water partition coefficient (Wildman–Crippen LogP) is 5.17. The standard InChI is InChI=1S/C25H21ClN2O4S2/c1-31-17-8-6-16(7-9-17)12-13-27-23(29)15-28-24(30)22(34-25(28)33)14-18-10-11-21(32-18)19-4-2-3-5-20(19)26/h2-11,14H,12-13,15H2,1H3,(H,27,29)/b22-14-. The monoisotopic (exact) mass is 512 g/mol. The van der Waals surface area contributed by atoms with Crippen LogP contribution in [0.2, 0.25) is 5.02 Å². The molecule has 1 N–H and O–H groups in total. The van der Waals surface area contributed by atoms with Crippen molar-refractivity contribution < 1.29 is 18.7 Å². The highest BCUT2D eigenvalue weighted by atomic mass is 35.5. The van der Waals surface area contributed by atoms with E-state index in [4.69, 9.17) is 33.0 Å². The Hall–Kier alpha value is -3.07. The summed E-state index contributed by atoms with van der Waals surface area (Å²) in [6, 6.07) is 18.6. The van der Waals surface area contributed by atoms with Gasteiger partial charge in [0.25, 0.3) is 5.91 Å². The minimum Gasteiger partial charge on any atom is -0.497 e. The van der Waals surface area contributed by atoms with Gasteiger partial charge in [-0.3, -0.25) is 14.5 Å². The first-order valence-electron chi connectivity index (χ1n) is 10.4. The molecule has 6 nitrogen and oxygen atoms in total. The van der Waals surface area contributed by atoms with Crippen LogP contribution in [0.5, 0.6) is 5.75 Å². The number of carbonyl (C=O) groups is 2. The molecule has 1 aliphatic heterocycles. The number of methoxy groups -OCH3 is 1. The first-order chi connectivity index (χ1) is 16.4. The lowest BCUT2D eigenvalue weighted by Crippen LogP contribution is -2.40. The van der Waals surface area contributed by atoms with Gasteiger partial charge in [0.05, 0.1) is 17.0 Å². The lowest BCUT2D eigenvalue weighted by atomic mass is 10.1. The number of thiocarbonyl (C=S) groups is 1. The van der Waals surface area contributed by atoms with Gasteiger partial charge in [0.2, 0.25) is 5.91 Å². The zero-order chi connectivity index (χ0) is 24.1. The van der Waals surface area contributed by atoms with E-state index >= 15 is 0 Å². The average Bonchev–Trinajstić information content (AvgIpc) is 3.40. The molecule has 1 fully saturated rings. The molecule has 2 heterocycles. The maximum atomic E-state index is 12.8. The normalized spacial score (nSPS) is 14.6. The molecule has 0 spiro atoms. The number of rotatable bonds is 8. The van der Waals surface area contributed by atoms with Crippen molar-refractivity contribution in [1.29, 1.82) is 0 Å². The van der Waals surface area contributed by atoms with Crippen LogP contribution in [-0.4, -0.2) is 41.2 Å². The molecule has 174 valence electrons. The summed E-state index contributed by atoms with van der Waals surface area (Å²) in [5.41, 5.74) is 1.84. The Balaban J connectivity index is 1.33. The van der Waals surface area contributed by atoms with Crippen molar-refractivity contribution in [2.45, 2.75) is 6.42 Å². The number of amides is 2. The Morgan fingerprint density at radius 1 is 1.18 bits per heavy atom. The number of nitrogens with one attached hydrogen (secondary N) is 1. The van der Waals surface area contributed by atoms with Crippen LogP contribution in [0, 0.1) is 0 Å². The highest BCUT2D eigenvalue weighted by molar-refractivity contribution is 8.26. The predicted molar refractivity (Wildman–Crippen MR) is 139 cm³/mol. The number of thioether (sulfide) groups is 1. The molecule has 0 saturated carbocycles. The van der Waals surface area contributed by atoms with Gasteiger partial charge >= 0.3 is 0 Å². The van der Waals surface area contributed by atoms with Gasteiger partial charge in [-0.1, -0.05) is 59.8 Å². The van der Waals surface area contributed by atoms with Crippen LogP contribution in [-0.2, 0) is 16.0 Å². The van der Waals surface area contributed by atoms with Crippen LogP contribution in [0.3, 0.4) is 0 Å². The van der Waals surface area contributed by atoms with Gasteiger partial charge in [0, 0.05) is 18.2 Å². The van der Waals surface area contributed by atoms with Crippen molar-refractivity contribution in [2.24, 2.45) is 0 Å². The van der Waals surface area contributed by atoms with Gasteiger partial charge in [0.1, 0.15) is 28.1 Å². The Bertz CT molecular complexity index is 1250. The van der Waals surface area contributed by atoms with Crippen LogP contribution in [0.1, 0.15) is 11.3 Å². The number of nitrogens with zero attached hydrogens (tertiary/aromatic N) is 1. The lowest BCUT2D eigenvalue weighted by molar-refractivity contribution is -0.128. The van der Waals surface area contributed by atoms with E-state index in [1.54, 1.807) is 31.4 Å². The maximum absolute atomic E-state index is 12.8. The molecule has 1 aliphatic rings. The number of halogens is 1. The summed E-state index contributed by atoms with van der Waals surface area (Å²) in [5.74, 6) is 1.29. The van der Waals surface area contributed by atoms with E-state index in [0.29, 0.717) is 38.7 Å². The van der Waals surface area contributed by atoms with E-state index in [1.807, 2.05) is 42.5 Å². The van der Waals surface area contributed by atoms with Crippen LogP contribution >= 0.6 is 35.6 Å². The SMILES string of the molecule is COc1ccc(CCNC(=O)CN2C(=O)/C(=C/c3ccc(-c4ccccc4Cl)o3)SC2=S)cc1. The van der Waals surface area contributed by atoms with Gasteiger partial charge < -0.3 is 14.5 Å². The molecule has 0 atom stereocenters. The van der Waals surface area contributed by atoms with Crippen LogP contribution < -0.4 is 10.1 Å². The smallest absolute Gasteiger partial charge is 0.266 e. The fraction of sp³-hybridized carbons (Fsp3) is 0.160. The van der Waals surface area contributed by atoms with E-state index in [-0.39, 0.29) is 18.4 Å². The van der Waals surface area contributed by atoms with E-state index in [9.17, 15) is 9.59 Å². The number of hydrogen-bond donors (Lipinski definition) is 1. The molecule has 1 saturated heterocycles. The average molecular weight is 513 g/mol. The van der Waals surface area contributed by atoms with Crippen molar-refractivity contribution in [3.05, 3.63) is 81.9 Å². The minimum atomic E-state index is -0.323. The maximum Gasteiger partial charge on any atom is 0.266 e. The Morgan fingerprint density at radius 3 is 2.68 bits per heavy atom. The molecule has 0 radical (unpaired) electrons. The topological polar surface area (TPSA) is 71.8 Å². The van der Waals surface area contributed by atoms with Gasteiger partial charge in [0.15, 0.2) is 0 Å². The molecule has 0 bridgehead atoms. The summed E-state index contributed by atoms with van der Waals surface area (Å²) < 4.78 is 11.3. The van der Waals surface area contributed by atoms with Crippen LogP contribution in [0.4, 0.5) is 0 Å². The minimum absolute atomic E-state index is 0.131. The van der Waals surface area contributed by atoms with E-state index in [1.165, 1.54) is 4.90 Å². The molecule has 0 unspecified atom stereocenters. The van der Waals surface area contributed by atoms with E-state index < -0.39 is 0 Å². The van der Waals surface area contributed by atoms with Crippen molar-refractivity contribution in [2.75, 3.05) is 20.2 Å². The molecule has 2 aromatic carbocycles. The quantitative estimate of drug-likeness (QED) is 0.332. The van der Waals surface area contributed by atoms with Crippen molar-refractivity contribution in [1.82, 2.24) is 10.2 Å². The third kappa shape index (κ3) is 5.70. The van der Waals surface area contributed by atoms with Crippen LogP contribution in [0.25, 0.3) is 17.4 Å². The molecule has 0 aliphatic carbocycles. The Morgan fingerprint density at radius 2 is 1.94 bits per heavy atom. The van der Waals surface area contributed by atoms with Crippen molar-refractivity contribution >= 4 is 57.8 Å². The second kappa shape index (κ2) is 10.9. The summed E-state index contributed by atoms with van der Waals surface area (Å²) in [6.45, 7) is 0.320. The highest BCUT2D eigenvalue weighted by Crippen LogP contribution is 2.34. The highest BCUT2D eigenvalue weighted by Gasteiger charge is 2.33. The van der Waals surface area contributed by atoms with Crippen molar-refractivity contribution in [3.63, 3.8) is 0 Å². The summed E-state index contributed by atoms with van der Waals surface area (Å²) >= 11 is 12.7. The number of benzene rings is 2. The largest absolute Gasteiger partial charge is 0.497 e. The first kappa shape index (κ1) is 24.1. The van der Waals surface area contributed by atoms with Gasteiger partial charge in [-0.05, 0) is 48.4 Å². The van der Waals surface area contributed by atoms with Gasteiger partial charge in [-0.15, -0.1) is 0 Å². The third-order valence-corrected chi connectivity index (χ3v) is 6.82. The van der Waals surface area contributed by atoms with Gasteiger partial charge in [-0.25, -0.2) is 0 Å². The first-order valence-corrected chi connectivity index (χ1v) is 12.0. The number of hydrogen-bond acceptors (Lipinski definition) is 6. The third-order valence-electron chi connectivity index (χ3n) is 5.11. The summed E-state index contributed by atoms with van der Waals surface area (Å²) in [4.78, 5) is 26.9. The zero-order valence-corrected chi connectivity index (χ0v) is 20.6. The van der Waals surface area contributed by atoms with Crippen LogP contribution in [0.15, 0.2) is 70.0 Å². The summed E-state index contributed by atoms with van der Waals surface area (Å²) in [5, 5.41) is 3.41. The molecule has 9 heteroatoms. The summed E-state index contributed by atoms with van der Waals surface area (Å²) in [7, 11) is 1.62. The molecule has 2 amide bonds. The Labute approximate surface area is 211 Å². The fourth-order valence-corrected chi connectivity index (χ4v) is 4.80. The second-order valence-electron chi connectivity index (χ2n) is 7.40. The number of ether oxygens (including phenoxy) is 1. The van der Waals surface area contributed by atoms with E-state index in [2.05, 4.69) is 5.32 Å². The molecule has 4 rings (SSSR count). The molecule has 1 aromatic heterocycles. The van der Waals surface area contributed by atoms with Gasteiger partial charge in [-0.2, -0.15) is 0 Å². The zero-order valence-electron chi connectivity index (χ0n) is 18.2. The molecule has 3 aromatic rings. The molecular weight excluding hydrogens is 492 g/mol. The summed E-state index contributed by atoms with van der Waals surface area (Å²) in [6.07, 6.45) is 2.29. The lowest BCUT2D eigenvalue weighted by Gasteiger charge is -2.14. The molecule has 34 heavy (non-hydrogen) atoms. The number of furan rings is 1. The number of carbonyl (C=O) groups excluding carboxylic acids is 2. The molecular formula is C25H21ClN2O4S2. The fourth-order valence-electron chi connectivity index (χ4n) is 3.34. The second-order valence-corrected chi connectivity index (χ2v) is 9.48.